The number of rotatable bonds is 2. The smallest absolute Gasteiger partial charge is 0.160 e. The van der Waals surface area contributed by atoms with E-state index in [4.69, 9.17) is 0 Å². The monoisotopic (exact) mass is 280 g/mol. The molecule has 0 atom stereocenters. The minimum Gasteiger partial charge on any atom is -0.296 e. The van der Waals surface area contributed by atoms with Crippen molar-refractivity contribution in [2.75, 3.05) is 13.1 Å². The molecule has 0 aliphatic carbocycles. The van der Waals surface area contributed by atoms with Crippen LogP contribution in [0.2, 0.25) is 0 Å². The number of fused-ring (bicyclic) bond motifs is 1. The molecule has 0 N–H and O–H groups in total. The molecule has 0 saturated carbocycles. The van der Waals surface area contributed by atoms with Crippen LogP contribution in [0, 0.1) is 0 Å². The Bertz CT molecular complexity index is 502. The van der Waals surface area contributed by atoms with Crippen molar-refractivity contribution in [1.29, 1.82) is 0 Å². The molecule has 0 unspecified atom stereocenters. The molecule has 1 saturated heterocycles. The largest absolute Gasteiger partial charge is 0.296 e. The lowest BCUT2D eigenvalue weighted by Gasteiger charge is -2.12. The lowest BCUT2D eigenvalue weighted by molar-refractivity contribution is 0.321. The van der Waals surface area contributed by atoms with Crippen molar-refractivity contribution in [2.45, 2.75) is 19.4 Å². The van der Waals surface area contributed by atoms with Crippen molar-refractivity contribution >= 4 is 21.6 Å². The third-order valence-corrected chi connectivity index (χ3v) is 3.47. The highest BCUT2D eigenvalue weighted by atomic mass is 79.9. The average Bonchev–Trinajstić information content (AvgIpc) is 2.90. The molecule has 0 amide bonds. The number of hydrogen-bond acceptors (Lipinski definition) is 3. The SMILES string of the molecule is Brc1ccc2nnc(CN3CCCC3)n2c1. The third-order valence-electron chi connectivity index (χ3n) is 3.00. The van der Waals surface area contributed by atoms with E-state index in [9.17, 15) is 0 Å². The zero-order valence-electron chi connectivity index (χ0n) is 8.93. The van der Waals surface area contributed by atoms with Crippen LogP contribution in [-0.4, -0.2) is 32.6 Å². The van der Waals surface area contributed by atoms with E-state index >= 15 is 0 Å². The molecule has 2 aromatic heterocycles. The topological polar surface area (TPSA) is 33.4 Å². The molecular weight excluding hydrogens is 268 g/mol. The van der Waals surface area contributed by atoms with E-state index in [1.165, 1.54) is 25.9 Å². The van der Waals surface area contributed by atoms with Crippen LogP contribution in [-0.2, 0) is 6.54 Å². The molecule has 16 heavy (non-hydrogen) atoms. The van der Waals surface area contributed by atoms with E-state index in [1.807, 2.05) is 18.3 Å². The molecule has 3 rings (SSSR count). The van der Waals surface area contributed by atoms with Crippen molar-refractivity contribution in [3.63, 3.8) is 0 Å². The Balaban J connectivity index is 1.93. The summed E-state index contributed by atoms with van der Waals surface area (Å²) in [6.07, 6.45) is 4.64. The Morgan fingerprint density at radius 3 is 2.81 bits per heavy atom. The van der Waals surface area contributed by atoms with Crippen LogP contribution in [0.1, 0.15) is 18.7 Å². The fraction of sp³-hybridized carbons (Fsp3) is 0.455. The average molecular weight is 281 g/mol. The number of aromatic nitrogens is 3. The summed E-state index contributed by atoms with van der Waals surface area (Å²) in [6, 6.07) is 3.97. The Morgan fingerprint density at radius 2 is 2.00 bits per heavy atom. The first-order chi connectivity index (χ1) is 7.83. The second kappa shape index (κ2) is 4.14. The van der Waals surface area contributed by atoms with Gasteiger partial charge in [-0.15, -0.1) is 10.2 Å². The van der Waals surface area contributed by atoms with Gasteiger partial charge in [0, 0.05) is 10.7 Å². The first kappa shape index (κ1) is 10.2. The highest BCUT2D eigenvalue weighted by molar-refractivity contribution is 9.10. The lowest BCUT2D eigenvalue weighted by Crippen LogP contribution is -2.20. The summed E-state index contributed by atoms with van der Waals surface area (Å²) in [5, 5.41) is 8.42. The first-order valence-electron chi connectivity index (χ1n) is 5.54. The Labute approximate surface area is 102 Å². The normalized spacial score (nSPS) is 17.3. The third kappa shape index (κ3) is 1.85. The van der Waals surface area contributed by atoms with Crippen LogP contribution in [0.5, 0.6) is 0 Å². The van der Waals surface area contributed by atoms with Gasteiger partial charge in [-0.2, -0.15) is 0 Å². The van der Waals surface area contributed by atoms with Crippen molar-refractivity contribution < 1.29 is 0 Å². The quantitative estimate of drug-likeness (QED) is 0.845. The minimum atomic E-state index is 0.900. The first-order valence-corrected chi connectivity index (χ1v) is 6.34. The molecule has 1 aliphatic heterocycles. The van der Waals surface area contributed by atoms with Crippen molar-refractivity contribution in [3.05, 3.63) is 28.6 Å². The minimum absolute atomic E-state index is 0.900. The summed E-state index contributed by atoms with van der Waals surface area (Å²) >= 11 is 3.47. The van der Waals surface area contributed by atoms with Crippen molar-refractivity contribution in [1.82, 2.24) is 19.5 Å². The second-order valence-electron chi connectivity index (χ2n) is 4.18. The van der Waals surface area contributed by atoms with Crippen LogP contribution >= 0.6 is 15.9 Å². The maximum Gasteiger partial charge on any atom is 0.160 e. The van der Waals surface area contributed by atoms with Gasteiger partial charge in [0.05, 0.1) is 6.54 Å². The molecule has 5 heteroatoms. The molecule has 2 aromatic rings. The summed E-state index contributed by atoms with van der Waals surface area (Å²) in [5.41, 5.74) is 0.914. The molecule has 3 heterocycles. The van der Waals surface area contributed by atoms with Crippen LogP contribution in [0.4, 0.5) is 0 Å². The Morgan fingerprint density at radius 1 is 1.19 bits per heavy atom. The van der Waals surface area contributed by atoms with Gasteiger partial charge in [0.2, 0.25) is 0 Å². The van der Waals surface area contributed by atoms with Crippen LogP contribution in [0.15, 0.2) is 22.8 Å². The van der Waals surface area contributed by atoms with Gasteiger partial charge in [-0.05, 0) is 54.0 Å². The maximum absolute atomic E-state index is 4.25. The number of nitrogens with zero attached hydrogens (tertiary/aromatic N) is 4. The zero-order valence-corrected chi connectivity index (χ0v) is 10.5. The number of hydrogen-bond donors (Lipinski definition) is 0. The number of likely N-dealkylation sites (tertiary alicyclic amines) is 1. The van der Waals surface area contributed by atoms with E-state index in [0.29, 0.717) is 0 Å². The van der Waals surface area contributed by atoms with Crippen LogP contribution < -0.4 is 0 Å². The maximum atomic E-state index is 4.25. The molecule has 4 nitrogen and oxygen atoms in total. The van der Waals surface area contributed by atoms with Crippen LogP contribution in [0.25, 0.3) is 5.65 Å². The second-order valence-corrected chi connectivity index (χ2v) is 5.09. The van der Waals surface area contributed by atoms with E-state index in [1.54, 1.807) is 0 Å². The molecule has 0 aromatic carbocycles. The van der Waals surface area contributed by atoms with Gasteiger partial charge in [-0.1, -0.05) is 0 Å². The van der Waals surface area contributed by atoms with E-state index in [2.05, 4.69) is 35.4 Å². The number of pyridine rings is 1. The molecule has 1 fully saturated rings. The van der Waals surface area contributed by atoms with E-state index in [0.717, 1.165) is 22.5 Å². The summed E-state index contributed by atoms with van der Waals surface area (Å²) in [7, 11) is 0. The van der Waals surface area contributed by atoms with E-state index < -0.39 is 0 Å². The molecule has 1 aliphatic rings. The standard InChI is InChI=1S/C11H13BrN4/c12-9-3-4-10-13-14-11(16(10)7-9)8-15-5-1-2-6-15/h3-4,7H,1-2,5-6,8H2. The lowest BCUT2D eigenvalue weighted by atomic mass is 10.4. The van der Waals surface area contributed by atoms with Gasteiger partial charge in [0.25, 0.3) is 0 Å². The summed E-state index contributed by atoms with van der Waals surface area (Å²) < 4.78 is 3.12. The van der Waals surface area contributed by atoms with Gasteiger partial charge >= 0.3 is 0 Å². The zero-order chi connectivity index (χ0) is 11.0. The Hall–Kier alpha value is -0.940. The fourth-order valence-corrected chi connectivity index (χ4v) is 2.50. The predicted octanol–water partition coefficient (Wildman–Crippen LogP) is 2.09. The van der Waals surface area contributed by atoms with Crippen molar-refractivity contribution in [2.24, 2.45) is 0 Å². The summed E-state index contributed by atoms with van der Waals surface area (Å²) in [4.78, 5) is 2.43. The molecule has 0 radical (unpaired) electrons. The highest BCUT2D eigenvalue weighted by Crippen LogP contribution is 2.15. The van der Waals surface area contributed by atoms with Gasteiger partial charge in [0.15, 0.2) is 11.5 Å². The van der Waals surface area contributed by atoms with Gasteiger partial charge in [-0.25, -0.2) is 0 Å². The summed E-state index contributed by atoms with van der Waals surface area (Å²) in [6.45, 7) is 3.27. The predicted molar refractivity (Wildman–Crippen MR) is 65.2 cm³/mol. The molecule has 0 spiro atoms. The summed E-state index contributed by atoms with van der Waals surface area (Å²) in [5.74, 6) is 1.03. The highest BCUT2D eigenvalue weighted by Gasteiger charge is 2.15. The molecule has 0 bridgehead atoms. The molecular formula is C11H13BrN4. The van der Waals surface area contributed by atoms with Crippen molar-refractivity contribution in [3.8, 4) is 0 Å². The van der Waals surface area contributed by atoms with Crippen LogP contribution in [0.3, 0.4) is 0 Å². The van der Waals surface area contributed by atoms with Gasteiger partial charge < -0.3 is 0 Å². The fourth-order valence-electron chi connectivity index (χ4n) is 2.16. The van der Waals surface area contributed by atoms with Gasteiger partial charge in [-0.3, -0.25) is 9.30 Å². The number of halogens is 1. The van der Waals surface area contributed by atoms with Gasteiger partial charge in [0.1, 0.15) is 0 Å². The Kier molecular flexibility index (Phi) is 2.65. The molecule has 84 valence electrons. The van der Waals surface area contributed by atoms with E-state index in [-0.39, 0.29) is 0 Å².